The Bertz CT molecular complexity index is 3390. The molecule has 12 heteroatoms. The fourth-order valence-corrected chi connectivity index (χ4v) is 9.97. The molecule has 1 aliphatic carbocycles. The van der Waals surface area contributed by atoms with E-state index in [9.17, 15) is 15.3 Å². The number of hydrogen-bond donors (Lipinski definition) is 3. The predicted molar refractivity (Wildman–Crippen MR) is 298 cm³/mol. The molecule has 3 N–H and O–H groups in total. The maximum atomic E-state index is 12.5. The van der Waals surface area contributed by atoms with Crippen molar-refractivity contribution in [3.8, 4) is 23.0 Å². The van der Waals surface area contributed by atoms with Crippen LogP contribution in [0.15, 0.2) is 162 Å². The summed E-state index contributed by atoms with van der Waals surface area (Å²) in [5.41, 5.74) is 17.9. The van der Waals surface area contributed by atoms with Gasteiger partial charge in [-0.3, -0.25) is 0 Å². The number of nitrogens with zero attached hydrogens (tertiary/aromatic N) is 8. The molecule has 9 rings (SSSR count). The summed E-state index contributed by atoms with van der Waals surface area (Å²) < 4.78 is 6.71. The van der Waals surface area contributed by atoms with Gasteiger partial charge in [-0.1, -0.05) is 31.2 Å². The first-order chi connectivity index (χ1) is 36.0. The van der Waals surface area contributed by atoms with Crippen molar-refractivity contribution >= 4 is 45.5 Å². The molecule has 8 aromatic rings. The Morgan fingerprint density at radius 3 is 0.693 bits per heavy atom. The van der Waals surface area contributed by atoms with E-state index in [4.69, 9.17) is 30.3 Å². The van der Waals surface area contributed by atoms with E-state index < -0.39 is 0 Å². The summed E-state index contributed by atoms with van der Waals surface area (Å²) in [5.74, 6) is 0.644. The van der Waals surface area contributed by atoms with E-state index in [1.54, 1.807) is 24.3 Å². The Morgan fingerprint density at radius 1 is 0.293 bits per heavy atom. The van der Waals surface area contributed by atoms with E-state index in [1.807, 2.05) is 128 Å². The average molecular weight is 995 g/mol. The van der Waals surface area contributed by atoms with Gasteiger partial charge in [0.05, 0.1) is 52.1 Å². The summed E-state index contributed by atoms with van der Waals surface area (Å²) in [6.45, 7) is 18.6. The molecule has 75 heavy (non-hydrogen) atoms. The van der Waals surface area contributed by atoms with Gasteiger partial charge in [0.15, 0.2) is 0 Å². The van der Waals surface area contributed by atoms with Gasteiger partial charge in [0.25, 0.3) is 0 Å². The van der Waals surface area contributed by atoms with Gasteiger partial charge in [0.2, 0.25) is 0 Å². The highest BCUT2D eigenvalue weighted by Gasteiger charge is 2.23. The van der Waals surface area contributed by atoms with E-state index in [0.717, 1.165) is 62.1 Å². The maximum absolute atomic E-state index is 12.5. The quantitative estimate of drug-likeness (QED) is 0.110. The van der Waals surface area contributed by atoms with Gasteiger partial charge in [0.1, 0.15) is 23.0 Å². The summed E-state index contributed by atoms with van der Waals surface area (Å²) in [6.07, 6.45) is 1.26. The summed E-state index contributed by atoms with van der Waals surface area (Å²) in [6, 6.07) is 38.8. The summed E-state index contributed by atoms with van der Waals surface area (Å²) in [7, 11) is 0. The zero-order chi connectivity index (χ0) is 52.9. The molecule has 0 atom stereocenters. The number of phenolic OH excluding ortho intramolecular Hbond substituents is 3. The molecule has 0 amide bonds. The molecule has 8 aromatic carbocycles. The van der Waals surface area contributed by atoms with Crippen LogP contribution in [-0.2, 0) is 25.7 Å². The number of azo groups is 4. The largest absolute Gasteiger partial charge is 0.507 e. The van der Waals surface area contributed by atoms with Crippen molar-refractivity contribution in [3.63, 3.8) is 0 Å². The lowest BCUT2D eigenvalue weighted by Crippen LogP contribution is -2.06. The molecular weight excluding hydrogens is 933 g/mol. The van der Waals surface area contributed by atoms with Crippen molar-refractivity contribution in [1.82, 2.24) is 0 Å². The SMILES string of the molecule is CCCOc1c2cc(N=Nc3cc(C)cc(C)c3)cc1Cc1cc(N=Nc3cc(C)cc(C)c3)cc(c1O)Cc1cc(N=Nc3cc(C)cc(C)c3)cc(c1O)Cc1cc(N=Nc3cc(C)cc(C)c3)cc(c1O)C2. The van der Waals surface area contributed by atoms with Crippen LogP contribution in [0.4, 0.5) is 45.5 Å². The highest BCUT2D eigenvalue weighted by Crippen LogP contribution is 2.43. The zero-order valence-electron chi connectivity index (χ0n) is 44.1. The Labute approximate surface area is 439 Å². The van der Waals surface area contributed by atoms with Gasteiger partial charge in [-0.05, 0) is 203 Å². The lowest BCUT2D eigenvalue weighted by Gasteiger charge is -2.20. The van der Waals surface area contributed by atoms with E-state index in [1.165, 1.54) is 0 Å². The molecule has 12 nitrogen and oxygen atoms in total. The molecule has 0 saturated carbocycles. The van der Waals surface area contributed by atoms with Gasteiger partial charge in [0, 0.05) is 70.2 Å². The summed E-state index contributed by atoms with van der Waals surface area (Å²) in [4.78, 5) is 0. The van der Waals surface area contributed by atoms with Gasteiger partial charge < -0.3 is 20.1 Å². The number of aromatic hydroxyl groups is 3. The van der Waals surface area contributed by atoms with Crippen LogP contribution in [-0.4, -0.2) is 21.9 Å². The monoisotopic (exact) mass is 994 g/mol. The average Bonchev–Trinajstić information content (AvgIpc) is 3.33. The van der Waals surface area contributed by atoms with E-state index in [0.29, 0.717) is 91.2 Å². The van der Waals surface area contributed by atoms with Gasteiger partial charge in [-0.2, -0.15) is 40.9 Å². The minimum absolute atomic E-state index is 0.0156. The number of phenols is 3. The fourth-order valence-electron chi connectivity index (χ4n) is 9.97. The third-order valence-corrected chi connectivity index (χ3v) is 12.9. The molecule has 0 heterocycles. The molecule has 8 bridgehead atoms. The van der Waals surface area contributed by atoms with Crippen LogP contribution >= 0.6 is 0 Å². The number of benzene rings is 8. The first-order valence-corrected chi connectivity index (χ1v) is 25.3. The number of ether oxygens (including phenoxy) is 1. The topological polar surface area (TPSA) is 169 Å². The standard InChI is InChI=1S/C63H62N8O4/c1-10-11-75-63-50-26-48-32-57(69-65-53-18-38(4)13-39(5)19-53)30-46(61(48)73)24-44-28-56(68-64-52-16-36(2)12-37(3)17-52)29-45(60(44)72)25-47-31-58(70-66-54-20-40(6)14-41(7)21-54)33-49(62(47)74)27-51(63)35-59(34-50)71-67-55-22-42(8)15-43(9)23-55/h12-23,28-35,72-74H,10-11,24-27H2,1-9H3. The Balaban J connectivity index is 1.28. The van der Waals surface area contributed by atoms with Gasteiger partial charge >= 0.3 is 0 Å². The second kappa shape index (κ2) is 22.2. The van der Waals surface area contributed by atoms with Crippen molar-refractivity contribution in [3.05, 3.63) is 210 Å². The lowest BCUT2D eigenvalue weighted by atomic mass is 9.90. The number of hydrogen-bond acceptors (Lipinski definition) is 12. The molecule has 0 unspecified atom stereocenters. The molecule has 378 valence electrons. The smallest absolute Gasteiger partial charge is 0.126 e. The molecule has 0 fully saturated rings. The third-order valence-electron chi connectivity index (χ3n) is 12.9. The van der Waals surface area contributed by atoms with E-state index in [2.05, 4.69) is 46.5 Å². The summed E-state index contributed by atoms with van der Waals surface area (Å²) >= 11 is 0. The van der Waals surface area contributed by atoms with Gasteiger partial charge in [-0.25, -0.2) is 0 Å². The van der Waals surface area contributed by atoms with E-state index >= 15 is 0 Å². The minimum atomic E-state index is -0.0156. The molecule has 0 aliphatic heterocycles. The van der Waals surface area contributed by atoms with Crippen molar-refractivity contribution < 1.29 is 20.1 Å². The summed E-state index contributed by atoms with van der Waals surface area (Å²) in [5, 5.41) is 75.2. The minimum Gasteiger partial charge on any atom is -0.507 e. The van der Waals surface area contributed by atoms with Crippen LogP contribution in [0.3, 0.4) is 0 Å². The lowest BCUT2D eigenvalue weighted by molar-refractivity contribution is 0.311. The van der Waals surface area contributed by atoms with Gasteiger partial charge in [-0.15, -0.1) is 0 Å². The highest BCUT2D eigenvalue weighted by molar-refractivity contribution is 5.64. The van der Waals surface area contributed by atoms with Crippen LogP contribution in [0.25, 0.3) is 0 Å². The van der Waals surface area contributed by atoms with Crippen molar-refractivity contribution in [2.75, 3.05) is 6.61 Å². The van der Waals surface area contributed by atoms with E-state index in [-0.39, 0.29) is 42.9 Å². The van der Waals surface area contributed by atoms with Crippen LogP contribution in [0.5, 0.6) is 23.0 Å². The highest BCUT2D eigenvalue weighted by atomic mass is 16.5. The van der Waals surface area contributed by atoms with Crippen LogP contribution < -0.4 is 4.74 Å². The Morgan fingerprint density at radius 2 is 0.480 bits per heavy atom. The van der Waals surface area contributed by atoms with Crippen LogP contribution in [0.2, 0.25) is 0 Å². The maximum Gasteiger partial charge on any atom is 0.126 e. The molecule has 0 saturated heterocycles. The predicted octanol–water partition coefficient (Wildman–Crippen LogP) is 18.4. The molecule has 0 spiro atoms. The van der Waals surface area contributed by atoms with Crippen LogP contribution in [0.1, 0.15) is 102 Å². The first kappa shape index (κ1) is 51.3. The van der Waals surface area contributed by atoms with Crippen LogP contribution in [0, 0.1) is 55.4 Å². The van der Waals surface area contributed by atoms with Crippen molar-refractivity contribution in [1.29, 1.82) is 0 Å². The molecule has 0 aromatic heterocycles. The zero-order valence-corrected chi connectivity index (χ0v) is 44.1. The molecule has 1 aliphatic rings. The number of aryl methyl sites for hydroxylation is 8. The van der Waals surface area contributed by atoms with Crippen molar-refractivity contribution in [2.24, 2.45) is 40.9 Å². The second-order valence-corrected chi connectivity index (χ2v) is 20.2. The number of rotatable bonds is 11. The first-order valence-electron chi connectivity index (χ1n) is 25.3. The third kappa shape index (κ3) is 12.8. The normalized spacial score (nSPS) is 12.7. The number of fused-ring (bicyclic) bond motifs is 8. The molecular formula is C63H62N8O4. The second-order valence-electron chi connectivity index (χ2n) is 20.2. The van der Waals surface area contributed by atoms with Crippen molar-refractivity contribution in [2.45, 2.75) is 94.4 Å². The Kier molecular flexibility index (Phi) is 15.2. The Hall–Kier alpha value is -8.64. The molecule has 0 radical (unpaired) electrons. The fraction of sp³-hybridized carbons (Fsp3) is 0.238.